The SMILES string of the molecule is CC1COCCC1NC(=O)CC#N. The molecule has 0 radical (unpaired) electrons. The monoisotopic (exact) mass is 182 g/mol. The van der Waals surface area contributed by atoms with Crippen molar-refractivity contribution in [1.82, 2.24) is 5.32 Å². The van der Waals surface area contributed by atoms with Gasteiger partial charge in [-0.25, -0.2) is 0 Å². The van der Waals surface area contributed by atoms with E-state index in [0.717, 1.165) is 6.42 Å². The second-order valence-corrected chi connectivity index (χ2v) is 3.35. The van der Waals surface area contributed by atoms with Crippen molar-refractivity contribution in [3.05, 3.63) is 0 Å². The molecular formula is C9H14N2O2. The number of hydrogen-bond donors (Lipinski definition) is 1. The highest BCUT2D eigenvalue weighted by molar-refractivity contribution is 5.78. The first-order valence-electron chi connectivity index (χ1n) is 4.48. The second-order valence-electron chi connectivity index (χ2n) is 3.35. The molecule has 1 N–H and O–H groups in total. The van der Waals surface area contributed by atoms with E-state index in [4.69, 9.17) is 10.00 Å². The first kappa shape index (κ1) is 10.0. The van der Waals surface area contributed by atoms with Gasteiger partial charge in [-0.05, 0) is 12.3 Å². The van der Waals surface area contributed by atoms with E-state index in [2.05, 4.69) is 5.32 Å². The summed E-state index contributed by atoms with van der Waals surface area (Å²) >= 11 is 0. The zero-order valence-corrected chi connectivity index (χ0v) is 7.75. The van der Waals surface area contributed by atoms with Crippen molar-refractivity contribution >= 4 is 5.91 Å². The first-order chi connectivity index (χ1) is 6.24. The number of nitrogens with zero attached hydrogens (tertiary/aromatic N) is 1. The Hall–Kier alpha value is -1.08. The van der Waals surface area contributed by atoms with Crippen LogP contribution in [0.1, 0.15) is 19.8 Å². The highest BCUT2D eigenvalue weighted by Crippen LogP contribution is 2.13. The van der Waals surface area contributed by atoms with Crippen molar-refractivity contribution in [3.8, 4) is 6.07 Å². The summed E-state index contributed by atoms with van der Waals surface area (Å²) in [5.41, 5.74) is 0. The van der Waals surface area contributed by atoms with Crippen LogP contribution in [-0.2, 0) is 9.53 Å². The lowest BCUT2D eigenvalue weighted by molar-refractivity contribution is -0.122. The molecule has 72 valence electrons. The van der Waals surface area contributed by atoms with Gasteiger partial charge in [-0.1, -0.05) is 6.92 Å². The summed E-state index contributed by atoms with van der Waals surface area (Å²) in [7, 11) is 0. The molecule has 1 fully saturated rings. The molecule has 1 rings (SSSR count). The number of ether oxygens (including phenoxy) is 1. The van der Waals surface area contributed by atoms with Crippen LogP contribution in [0.25, 0.3) is 0 Å². The largest absolute Gasteiger partial charge is 0.381 e. The van der Waals surface area contributed by atoms with Crippen LogP contribution < -0.4 is 5.32 Å². The van der Waals surface area contributed by atoms with Crippen LogP contribution >= 0.6 is 0 Å². The van der Waals surface area contributed by atoms with Gasteiger partial charge >= 0.3 is 0 Å². The van der Waals surface area contributed by atoms with Crippen LogP contribution in [0.15, 0.2) is 0 Å². The highest BCUT2D eigenvalue weighted by atomic mass is 16.5. The first-order valence-corrected chi connectivity index (χ1v) is 4.48. The van der Waals surface area contributed by atoms with Gasteiger partial charge in [-0.2, -0.15) is 5.26 Å². The predicted octanol–water partition coefficient (Wildman–Crippen LogP) is 0.441. The second kappa shape index (κ2) is 4.83. The van der Waals surface area contributed by atoms with Crippen LogP contribution in [0.5, 0.6) is 0 Å². The van der Waals surface area contributed by atoms with Gasteiger partial charge in [-0.15, -0.1) is 0 Å². The van der Waals surface area contributed by atoms with E-state index in [9.17, 15) is 4.79 Å². The predicted molar refractivity (Wildman–Crippen MR) is 46.8 cm³/mol. The van der Waals surface area contributed by atoms with Crippen molar-refractivity contribution in [1.29, 1.82) is 5.26 Å². The Balaban J connectivity index is 2.34. The van der Waals surface area contributed by atoms with E-state index in [1.54, 1.807) is 0 Å². The van der Waals surface area contributed by atoms with Gasteiger partial charge in [0, 0.05) is 12.6 Å². The molecule has 2 unspecified atom stereocenters. The molecule has 0 aromatic heterocycles. The van der Waals surface area contributed by atoms with Crippen LogP contribution in [-0.4, -0.2) is 25.2 Å². The molecule has 4 heteroatoms. The summed E-state index contributed by atoms with van der Waals surface area (Å²) in [5, 5.41) is 11.1. The standard InChI is InChI=1S/C9H14N2O2/c1-7-6-13-5-3-8(7)11-9(12)2-4-10/h7-8H,2-3,5-6H2,1H3,(H,11,12). The third-order valence-corrected chi connectivity index (χ3v) is 2.23. The normalized spacial score (nSPS) is 27.7. The molecule has 0 bridgehead atoms. The molecule has 2 atom stereocenters. The molecule has 0 saturated carbocycles. The van der Waals surface area contributed by atoms with E-state index < -0.39 is 0 Å². The van der Waals surface area contributed by atoms with Crippen LogP contribution in [0, 0.1) is 17.2 Å². The van der Waals surface area contributed by atoms with E-state index in [0.29, 0.717) is 19.1 Å². The summed E-state index contributed by atoms with van der Waals surface area (Å²) in [5.74, 6) is 0.164. The lowest BCUT2D eigenvalue weighted by Gasteiger charge is -2.29. The van der Waals surface area contributed by atoms with Crippen molar-refractivity contribution < 1.29 is 9.53 Å². The van der Waals surface area contributed by atoms with Crippen LogP contribution in [0.4, 0.5) is 0 Å². The van der Waals surface area contributed by atoms with Gasteiger partial charge in [0.1, 0.15) is 6.42 Å². The van der Waals surface area contributed by atoms with Gasteiger partial charge in [0.2, 0.25) is 5.91 Å². The minimum atomic E-state index is -0.179. The molecule has 1 aliphatic heterocycles. The number of nitrogens with one attached hydrogen (secondary N) is 1. The maximum Gasteiger partial charge on any atom is 0.234 e. The fourth-order valence-corrected chi connectivity index (χ4v) is 1.42. The lowest BCUT2D eigenvalue weighted by Crippen LogP contribution is -2.44. The zero-order chi connectivity index (χ0) is 9.68. The van der Waals surface area contributed by atoms with E-state index >= 15 is 0 Å². The average molecular weight is 182 g/mol. The lowest BCUT2D eigenvalue weighted by atomic mass is 9.98. The number of carbonyl (C=O) groups excluding carboxylic acids is 1. The maximum absolute atomic E-state index is 11.1. The number of rotatable bonds is 2. The Morgan fingerprint density at radius 2 is 2.54 bits per heavy atom. The van der Waals surface area contributed by atoms with Crippen molar-refractivity contribution in [2.24, 2.45) is 5.92 Å². The highest BCUT2D eigenvalue weighted by Gasteiger charge is 2.22. The Morgan fingerprint density at radius 1 is 1.77 bits per heavy atom. The number of hydrogen-bond acceptors (Lipinski definition) is 3. The average Bonchev–Trinajstić information content (AvgIpc) is 2.09. The molecule has 1 saturated heterocycles. The number of amides is 1. The summed E-state index contributed by atoms with van der Waals surface area (Å²) in [4.78, 5) is 11.1. The van der Waals surface area contributed by atoms with Crippen molar-refractivity contribution in [2.75, 3.05) is 13.2 Å². The molecule has 1 aliphatic rings. The van der Waals surface area contributed by atoms with E-state index in [1.807, 2.05) is 13.0 Å². The van der Waals surface area contributed by atoms with E-state index in [1.165, 1.54) is 0 Å². The molecule has 0 aromatic carbocycles. The third-order valence-electron chi connectivity index (χ3n) is 2.23. The molecule has 0 aliphatic carbocycles. The molecular weight excluding hydrogens is 168 g/mol. The van der Waals surface area contributed by atoms with E-state index in [-0.39, 0.29) is 18.4 Å². The molecule has 13 heavy (non-hydrogen) atoms. The fourth-order valence-electron chi connectivity index (χ4n) is 1.42. The molecule has 0 spiro atoms. The summed E-state index contributed by atoms with van der Waals surface area (Å²) < 4.78 is 5.24. The Labute approximate surface area is 77.9 Å². The van der Waals surface area contributed by atoms with Gasteiger partial charge in [0.25, 0.3) is 0 Å². The molecule has 0 aromatic rings. The number of nitriles is 1. The zero-order valence-electron chi connectivity index (χ0n) is 7.75. The minimum absolute atomic E-state index is 0.0515. The van der Waals surface area contributed by atoms with Crippen molar-refractivity contribution in [3.63, 3.8) is 0 Å². The van der Waals surface area contributed by atoms with Crippen LogP contribution in [0.2, 0.25) is 0 Å². The molecule has 4 nitrogen and oxygen atoms in total. The summed E-state index contributed by atoms with van der Waals surface area (Å²) in [6.45, 7) is 3.43. The molecule has 1 heterocycles. The summed E-state index contributed by atoms with van der Waals surface area (Å²) in [6.07, 6.45) is 0.794. The summed E-state index contributed by atoms with van der Waals surface area (Å²) in [6, 6.07) is 2.00. The topological polar surface area (TPSA) is 62.1 Å². The van der Waals surface area contributed by atoms with Gasteiger partial charge in [0.15, 0.2) is 0 Å². The van der Waals surface area contributed by atoms with Gasteiger partial charge in [0.05, 0.1) is 12.7 Å². The van der Waals surface area contributed by atoms with Gasteiger partial charge < -0.3 is 10.1 Å². The van der Waals surface area contributed by atoms with Crippen molar-refractivity contribution in [2.45, 2.75) is 25.8 Å². The third kappa shape index (κ3) is 3.03. The Kier molecular flexibility index (Phi) is 3.71. The van der Waals surface area contributed by atoms with Crippen LogP contribution in [0.3, 0.4) is 0 Å². The maximum atomic E-state index is 11.1. The number of carbonyl (C=O) groups is 1. The quantitative estimate of drug-likeness (QED) is 0.674. The smallest absolute Gasteiger partial charge is 0.234 e. The molecule has 1 amide bonds. The fraction of sp³-hybridized carbons (Fsp3) is 0.778. The Bertz CT molecular complexity index is 222. The Morgan fingerprint density at radius 3 is 3.15 bits per heavy atom. The van der Waals surface area contributed by atoms with Gasteiger partial charge in [-0.3, -0.25) is 4.79 Å². The minimum Gasteiger partial charge on any atom is -0.381 e.